The number of nitrogens with zero attached hydrogens (tertiary/aromatic N) is 6. The molecule has 1 atom stereocenters. The van der Waals surface area contributed by atoms with Crippen LogP contribution in [0.2, 0.25) is 10.0 Å². The van der Waals surface area contributed by atoms with Crippen molar-refractivity contribution < 1.29 is 24.2 Å². The predicted molar refractivity (Wildman–Crippen MR) is 185 cm³/mol. The standard InChI is InChI=1S/C19H18ClN3O4.C16H22ClN3O/c1-25-19(24)23(26-2)17-6-4-3-5-14(17)13-27-18-11-12-22(21-18)16-9-7-15(20)8-10-16;1-15(2,3)16(21,10-20-12-18-11-19-20)9-8-13-4-6-14(17)7-5-13/h3-12H,13H2,1-2H3;4-7,11-12,21H,8-10H2,1-3H3. The van der Waals surface area contributed by atoms with Crippen LogP contribution in [0, 0.1) is 5.41 Å². The number of hydroxylamine groups is 1. The lowest BCUT2D eigenvalue weighted by molar-refractivity contribution is -0.0796. The van der Waals surface area contributed by atoms with Gasteiger partial charge in [0.2, 0.25) is 5.88 Å². The Morgan fingerprint density at radius 1 is 0.938 bits per heavy atom. The molecular formula is C35H40Cl2N6O5. The van der Waals surface area contributed by atoms with Crippen LogP contribution < -0.4 is 9.80 Å². The molecule has 0 aliphatic heterocycles. The van der Waals surface area contributed by atoms with E-state index in [1.807, 2.05) is 69.3 Å². The molecule has 11 nitrogen and oxygen atoms in total. The Bertz CT molecular complexity index is 1720. The van der Waals surface area contributed by atoms with Crippen molar-refractivity contribution >= 4 is 35.0 Å². The molecule has 5 rings (SSSR count). The molecule has 254 valence electrons. The van der Waals surface area contributed by atoms with E-state index >= 15 is 0 Å². The topological polar surface area (TPSA) is 117 Å². The van der Waals surface area contributed by atoms with Crippen LogP contribution in [0.3, 0.4) is 0 Å². The number of rotatable bonds is 11. The van der Waals surface area contributed by atoms with Gasteiger partial charge in [0.05, 0.1) is 37.7 Å². The van der Waals surface area contributed by atoms with Crippen molar-refractivity contribution in [2.24, 2.45) is 5.41 Å². The molecule has 1 N–H and O–H groups in total. The molecule has 1 unspecified atom stereocenters. The van der Waals surface area contributed by atoms with Crippen LogP contribution in [0.5, 0.6) is 5.88 Å². The molecule has 13 heteroatoms. The molecule has 0 aliphatic rings. The number of anilines is 1. The summed E-state index contributed by atoms with van der Waals surface area (Å²) in [6.45, 7) is 6.78. The largest absolute Gasteiger partial charge is 0.472 e. The summed E-state index contributed by atoms with van der Waals surface area (Å²) >= 11 is 11.8. The van der Waals surface area contributed by atoms with E-state index in [4.69, 9.17) is 37.5 Å². The lowest BCUT2D eigenvalue weighted by atomic mass is 9.73. The zero-order valence-electron chi connectivity index (χ0n) is 27.6. The summed E-state index contributed by atoms with van der Waals surface area (Å²) in [4.78, 5) is 20.9. The predicted octanol–water partition coefficient (Wildman–Crippen LogP) is 7.58. The van der Waals surface area contributed by atoms with Crippen LogP contribution in [0.25, 0.3) is 5.69 Å². The van der Waals surface area contributed by atoms with Crippen LogP contribution in [0.15, 0.2) is 97.7 Å². The summed E-state index contributed by atoms with van der Waals surface area (Å²) < 4.78 is 13.9. The van der Waals surface area contributed by atoms with E-state index in [1.54, 1.807) is 52.2 Å². The van der Waals surface area contributed by atoms with Crippen molar-refractivity contribution in [3.05, 3.63) is 119 Å². The van der Waals surface area contributed by atoms with Gasteiger partial charge >= 0.3 is 6.09 Å². The first kappa shape index (κ1) is 36.4. The summed E-state index contributed by atoms with van der Waals surface area (Å²) in [5.41, 5.74) is 2.19. The zero-order chi connectivity index (χ0) is 34.7. The van der Waals surface area contributed by atoms with Crippen molar-refractivity contribution in [1.82, 2.24) is 24.5 Å². The number of benzene rings is 3. The maximum Gasteiger partial charge on any atom is 0.438 e. The number of hydrogen-bond donors (Lipinski definition) is 1. The maximum atomic E-state index is 11.9. The maximum absolute atomic E-state index is 11.9. The molecule has 0 aliphatic carbocycles. The van der Waals surface area contributed by atoms with Crippen LogP contribution >= 0.6 is 23.2 Å². The molecule has 0 bridgehead atoms. The number of methoxy groups -OCH3 is 1. The van der Waals surface area contributed by atoms with E-state index in [-0.39, 0.29) is 12.0 Å². The Morgan fingerprint density at radius 2 is 1.60 bits per heavy atom. The van der Waals surface area contributed by atoms with Crippen molar-refractivity contribution in [1.29, 1.82) is 0 Å². The molecule has 3 aromatic carbocycles. The number of amides is 1. The van der Waals surface area contributed by atoms with Crippen LogP contribution in [-0.4, -0.2) is 55.6 Å². The van der Waals surface area contributed by atoms with E-state index in [0.29, 0.717) is 29.6 Å². The number of carbonyl (C=O) groups excluding carboxylic acids is 1. The van der Waals surface area contributed by atoms with Gasteiger partial charge in [-0.05, 0) is 66.3 Å². The molecule has 0 saturated carbocycles. The Labute approximate surface area is 290 Å². The first-order valence-electron chi connectivity index (χ1n) is 15.2. The van der Waals surface area contributed by atoms with E-state index in [2.05, 4.69) is 15.2 Å². The fourth-order valence-electron chi connectivity index (χ4n) is 4.73. The first-order chi connectivity index (χ1) is 22.9. The summed E-state index contributed by atoms with van der Waals surface area (Å²) in [6, 6.07) is 24.0. The van der Waals surface area contributed by atoms with Gasteiger partial charge in [-0.3, -0.25) is 9.52 Å². The van der Waals surface area contributed by atoms with Crippen LogP contribution in [-0.2, 0) is 29.1 Å². The number of aromatic nitrogens is 5. The number of aliphatic hydroxyl groups is 1. The summed E-state index contributed by atoms with van der Waals surface area (Å²) in [7, 11) is 2.68. The second-order valence-corrected chi connectivity index (χ2v) is 12.8. The Morgan fingerprint density at radius 3 is 2.21 bits per heavy atom. The van der Waals surface area contributed by atoms with Gasteiger partial charge in [0.25, 0.3) is 0 Å². The molecule has 1 amide bonds. The lowest BCUT2D eigenvalue weighted by Crippen LogP contribution is -2.47. The Hall–Kier alpha value is -4.42. The average molecular weight is 696 g/mol. The molecule has 0 saturated heterocycles. The molecule has 0 radical (unpaired) electrons. The highest BCUT2D eigenvalue weighted by Gasteiger charge is 2.40. The molecule has 48 heavy (non-hydrogen) atoms. The quantitative estimate of drug-likeness (QED) is 0.141. The average Bonchev–Trinajstić information content (AvgIpc) is 3.77. The van der Waals surface area contributed by atoms with Crippen LogP contribution in [0.4, 0.5) is 10.5 Å². The number of ether oxygens (including phenoxy) is 2. The number of aryl methyl sites for hydroxylation is 1. The lowest BCUT2D eigenvalue weighted by Gasteiger charge is -2.40. The second-order valence-electron chi connectivity index (χ2n) is 11.9. The smallest absolute Gasteiger partial charge is 0.438 e. The summed E-state index contributed by atoms with van der Waals surface area (Å²) in [6.07, 6.45) is 5.73. The molecule has 2 heterocycles. The third-order valence-corrected chi connectivity index (χ3v) is 8.30. The van der Waals surface area contributed by atoms with Gasteiger partial charge < -0.3 is 14.6 Å². The van der Waals surface area contributed by atoms with Gasteiger partial charge in [0.15, 0.2) is 0 Å². The molecule has 0 spiro atoms. The monoisotopic (exact) mass is 694 g/mol. The number of carbonyl (C=O) groups is 1. The van der Waals surface area contributed by atoms with Gasteiger partial charge in [-0.2, -0.15) is 10.2 Å². The zero-order valence-corrected chi connectivity index (χ0v) is 29.1. The third-order valence-electron chi connectivity index (χ3n) is 7.79. The molecule has 2 aromatic heterocycles. The van der Waals surface area contributed by atoms with E-state index in [1.165, 1.54) is 26.1 Å². The number of hydrogen-bond acceptors (Lipinski definition) is 8. The van der Waals surface area contributed by atoms with Gasteiger partial charge in [0, 0.05) is 27.9 Å². The van der Waals surface area contributed by atoms with Crippen LogP contribution in [0.1, 0.15) is 38.3 Å². The molecular weight excluding hydrogens is 655 g/mol. The summed E-state index contributed by atoms with van der Waals surface area (Å²) in [5.74, 6) is 0.446. The van der Waals surface area contributed by atoms with Gasteiger partial charge in [0.1, 0.15) is 19.3 Å². The van der Waals surface area contributed by atoms with Crippen molar-refractivity contribution in [2.45, 2.75) is 52.4 Å². The number of para-hydroxylation sites is 1. The fourth-order valence-corrected chi connectivity index (χ4v) is 4.99. The van der Waals surface area contributed by atoms with E-state index < -0.39 is 11.7 Å². The van der Waals surface area contributed by atoms with E-state index in [0.717, 1.165) is 27.8 Å². The summed E-state index contributed by atoms with van der Waals surface area (Å²) in [5, 5.41) is 22.1. The van der Waals surface area contributed by atoms with E-state index in [9.17, 15) is 9.90 Å². The van der Waals surface area contributed by atoms with Gasteiger partial charge in [-0.1, -0.05) is 74.3 Å². The highest BCUT2D eigenvalue weighted by atomic mass is 35.5. The minimum Gasteiger partial charge on any atom is -0.472 e. The minimum atomic E-state index is -0.861. The highest BCUT2D eigenvalue weighted by Crippen LogP contribution is 2.35. The minimum absolute atomic E-state index is 0.199. The Balaban J connectivity index is 0.000000224. The van der Waals surface area contributed by atoms with Crippen molar-refractivity contribution in [3.63, 3.8) is 0 Å². The van der Waals surface area contributed by atoms with Crippen molar-refractivity contribution in [2.75, 3.05) is 19.3 Å². The second kappa shape index (κ2) is 16.6. The first-order valence-corrected chi connectivity index (χ1v) is 15.9. The SMILES string of the molecule is CC(C)(C)C(O)(CCc1ccc(Cl)cc1)Cn1cncn1.COC(=O)N(OC)c1ccccc1COc1ccn(-c2ccc(Cl)cc2)n1. The highest BCUT2D eigenvalue weighted by molar-refractivity contribution is 6.30. The van der Waals surface area contributed by atoms with Gasteiger partial charge in [-0.15, -0.1) is 5.10 Å². The molecule has 0 fully saturated rings. The van der Waals surface area contributed by atoms with Crippen molar-refractivity contribution in [3.8, 4) is 11.6 Å². The normalized spacial score (nSPS) is 12.4. The van der Waals surface area contributed by atoms with Gasteiger partial charge in [-0.25, -0.2) is 14.5 Å². The third kappa shape index (κ3) is 9.80. The Kier molecular flexibility index (Phi) is 12.6. The molecule has 5 aromatic rings. The number of halogens is 2. The fraction of sp³-hybridized carbons (Fsp3) is 0.314.